The Balaban J connectivity index is 1.54. The number of carboxylic acid groups (broad SMARTS) is 1. The van der Waals surface area contributed by atoms with Gasteiger partial charge < -0.3 is 19.6 Å². The third kappa shape index (κ3) is 4.70. The van der Waals surface area contributed by atoms with E-state index in [1.807, 2.05) is 13.0 Å². The number of amides is 2. The molecule has 0 radical (unpaired) electrons. The van der Waals surface area contributed by atoms with Gasteiger partial charge in [0.05, 0.1) is 17.5 Å². The summed E-state index contributed by atoms with van der Waals surface area (Å²) in [6, 6.07) is 5.56. The van der Waals surface area contributed by atoms with Gasteiger partial charge in [-0.05, 0) is 67.9 Å². The first-order valence-electron chi connectivity index (χ1n) is 12.5. The summed E-state index contributed by atoms with van der Waals surface area (Å²) in [7, 11) is 0. The molecule has 2 fully saturated rings. The number of carbonyl (C=O) groups excluding carboxylic acids is 2. The van der Waals surface area contributed by atoms with E-state index < -0.39 is 24.0 Å². The van der Waals surface area contributed by atoms with E-state index in [0.717, 1.165) is 34.5 Å². The van der Waals surface area contributed by atoms with Gasteiger partial charge in [0, 0.05) is 35.0 Å². The number of fused-ring (bicyclic) bond motifs is 1. The summed E-state index contributed by atoms with van der Waals surface area (Å²) in [5.74, 6) is -1.88. The van der Waals surface area contributed by atoms with Crippen LogP contribution in [0.3, 0.4) is 0 Å². The number of ether oxygens (including phenoxy) is 1. The number of likely N-dealkylation sites (tertiary alicyclic amines) is 1. The Morgan fingerprint density at radius 3 is 2.61 bits per heavy atom. The second-order valence-electron chi connectivity index (χ2n) is 9.84. The quantitative estimate of drug-likeness (QED) is 0.585. The first kappa shape index (κ1) is 25.0. The van der Waals surface area contributed by atoms with Gasteiger partial charge in [-0.3, -0.25) is 14.4 Å². The SMILES string of the molecule is Cc1cc(COc2ccc(Cl)c3c2C(N2CCCC2=O)N(C(=O)C2CCCCC2C(=O)O)CC3)ns1. The van der Waals surface area contributed by atoms with Crippen LogP contribution in [0.2, 0.25) is 5.02 Å². The lowest BCUT2D eigenvalue weighted by Crippen LogP contribution is -2.52. The minimum Gasteiger partial charge on any atom is -0.487 e. The third-order valence-corrected chi connectivity index (χ3v) is 8.64. The number of carbonyl (C=O) groups is 3. The van der Waals surface area contributed by atoms with Crippen LogP contribution in [0.15, 0.2) is 18.2 Å². The lowest BCUT2D eigenvalue weighted by atomic mass is 9.78. The Morgan fingerprint density at radius 1 is 1.17 bits per heavy atom. The zero-order valence-electron chi connectivity index (χ0n) is 20.2. The van der Waals surface area contributed by atoms with Crippen LogP contribution >= 0.6 is 23.1 Å². The molecule has 1 aromatic heterocycles. The maximum absolute atomic E-state index is 14.0. The van der Waals surface area contributed by atoms with Crippen molar-refractivity contribution in [3.63, 3.8) is 0 Å². The predicted octanol–water partition coefficient (Wildman–Crippen LogP) is 4.58. The summed E-state index contributed by atoms with van der Waals surface area (Å²) >= 11 is 8.04. The zero-order valence-corrected chi connectivity index (χ0v) is 21.8. The first-order valence-corrected chi connectivity index (χ1v) is 13.7. The summed E-state index contributed by atoms with van der Waals surface area (Å²) in [4.78, 5) is 43.5. The van der Waals surface area contributed by atoms with Crippen molar-refractivity contribution < 1.29 is 24.2 Å². The molecule has 2 amide bonds. The van der Waals surface area contributed by atoms with Gasteiger partial charge in [-0.2, -0.15) is 4.37 Å². The number of rotatable bonds is 6. The number of nitrogens with zero attached hydrogens (tertiary/aromatic N) is 3. The summed E-state index contributed by atoms with van der Waals surface area (Å²) in [5, 5.41) is 10.4. The monoisotopic (exact) mass is 531 g/mol. The van der Waals surface area contributed by atoms with Gasteiger partial charge >= 0.3 is 5.97 Å². The van der Waals surface area contributed by atoms with Crippen molar-refractivity contribution in [1.82, 2.24) is 14.2 Å². The summed E-state index contributed by atoms with van der Waals surface area (Å²) in [5.41, 5.74) is 2.41. The topological polar surface area (TPSA) is 100 Å². The molecule has 1 N–H and O–H groups in total. The molecular formula is C26H30ClN3O5S. The van der Waals surface area contributed by atoms with E-state index >= 15 is 0 Å². The second-order valence-corrected chi connectivity index (χ2v) is 11.3. The van der Waals surface area contributed by atoms with Gasteiger partial charge in [0.15, 0.2) is 0 Å². The molecule has 8 nitrogen and oxygen atoms in total. The molecule has 2 aliphatic heterocycles. The fraction of sp³-hybridized carbons (Fsp3) is 0.538. The van der Waals surface area contributed by atoms with E-state index in [1.165, 1.54) is 11.5 Å². The zero-order chi connectivity index (χ0) is 25.4. The van der Waals surface area contributed by atoms with Gasteiger partial charge in [-0.15, -0.1) is 0 Å². The minimum atomic E-state index is -0.926. The minimum absolute atomic E-state index is 0.0230. The molecule has 2 aromatic rings. The molecule has 10 heteroatoms. The van der Waals surface area contributed by atoms with E-state index in [9.17, 15) is 19.5 Å². The van der Waals surface area contributed by atoms with Crippen molar-refractivity contribution >= 4 is 40.9 Å². The van der Waals surface area contributed by atoms with Crippen molar-refractivity contribution in [2.45, 2.75) is 64.6 Å². The number of aromatic nitrogens is 1. The fourth-order valence-corrected chi connectivity index (χ4v) is 6.66. The number of halogens is 1. The Bertz CT molecular complexity index is 1180. The van der Waals surface area contributed by atoms with Crippen molar-refractivity contribution in [3.8, 4) is 5.75 Å². The van der Waals surface area contributed by atoms with E-state index in [2.05, 4.69) is 4.37 Å². The molecule has 192 valence electrons. The Labute approximate surface area is 219 Å². The predicted molar refractivity (Wildman–Crippen MR) is 135 cm³/mol. The molecule has 0 bridgehead atoms. The van der Waals surface area contributed by atoms with Crippen LogP contribution in [0.4, 0.5) is 0 Å². The molecule has 3 heterocycles. The van der Waals surface area contributed by atoms with Crippen LogP contribution < -0.4 is 4.74 Å². The second kappa shape index (κ2) is 10.4. The van der Waals surface area contributed by atoms with Gasteiger partial charge in [0.25, 0.3) is 0 Å². The van der Waals surface area contributed by atoms with Gasteiger partial charge in [-0.25, -0.2) is 0 Å². The molecule has 0 spiro atoms. The highest BCUT2D eigenvalue weighted by Crippen LogP contribution is 2.45. The number of hydrogen-bond acceptors (Lipinski definition) is 6. The fourth-order valence-electron chi connectivity index (χ4n) is 5.85. The lowest BCUT2D eigenvalue weighted by Gasteiger charge is -2.45. The number of aryl methyl sites for hydroxylation is 1. The maximum atomic E-state index is 14.0. The first-order chi connectivity index (χ1) is 17.3. The van der Waals surface area contributed by atoms with Crippen molar-refractivity contribution in [1.29, 1.82) is 0 Å². The highest BCUT2D eigenvalue weighted by atomic mass is 35.5. The normalized spacial score (nSPS) is 24.1. The Hall–Kier alpha value is -2.65. The summed E-state index contributed by atoms with van der Waals surface area (Å²) < 4.78 is 10.6. The lowest BCUT2D eigenvalue weighted by molar-refractivity contribution is -0.157. The average molecular weight is 532 g/mol. The molecule has 3 unspecified atom stereocenters. The number of carboxylic acids is 1. The molecule has 36 heavy (non-hydrogen) atoms. The van der Waals surface area contributed by atoms with Gasteiger partial charge in [0.1, 0.15) is 18.5 Å². The van der Waals surface area contributed by atoms with Crippen LogP contribution in [0, 0.1) is 18.8 Å². The molecule has 1 saturated heterocycles. The number of benzene rings is 1. The maximum Gasteiger partial charge on any atom is 0.307 e. The Kier molecular flexibility index (Phi) is 7.21. The molecule has 1 aliphatic carbocycles. The van der Waals surface area contributed by atoms with E-state index in [-0.39, 0.29) is 18.4 Å². The summed E-state index contributed by atoms with van der Waals surface area (Å²) in [6.07, 6.45) is 3.65. The largest absolute Gasteiger partial charge is 0.487 e. The highest BCUT2D eigenvalue weighted by Gasteiger charge is 2.45. The van der Waals surface area contributed by atoms with Crippen LogP contribution in [-0.4, -0.2) is 50.2 Å². The van der Waals surface area contributed by atoms with Crippen molar-refractivity contribution in [2.75, 3.05) is 13.1 Å². The van der Waals surface area contributed by atoms with Crippen LogP contribution in [0.1, 0.15) is 66.4 Å². The number of hydrogen-bond donors (Lipinski definition) is 1. The van der Waals surface area contributed by atoms with Crippen molar-refractivity contribution in [2.24, 2.45) is 11.8 Å². The smallest absolute Gasteiger partial charge is 0.307 e. The standard InChI is InChI=1S/C26H30ClN3O5S/c1-15-13-16(28-36-15)14-35-21-9-8-20(27)19-10-12-30(24(23(19)21)29-11-4-7-22(29)31)25(32)17-5-2-3-6-18(17)26(33)34/h8-9,13,17-18,24H,2-7,10-12,14H2,1H3,(H,33,34). The molecule has 3 aliphatic rings. The Morgan fingerprint density at radius 2 is 1.94 bits per heavy atom. The van der Waals surface area contributed by atoms with E-state index in [4.69, 9.17) is 16.3 Å². The number of aliphatic carboxylic acids is 1. The molecule has 5 rings (SSSR count). The van der Waals surface area contributed by atoms with Crippen LogP contribution in [-0.2, 0) is 27.4 Å². The van der Waals surface area contributed by atoms with E-state index in [0.29, 0.717) is 56.0 Å². The highest BCUT2D eigenvalue weighted by molar-refractivity contribution is 7.05. The van der Waals surface area contributed by atoms with Crippen LogP contribution in [0.25, 0.3) is 0 Å². The van der Waals surface area contributed by atoms with Gasteiger partial charge in [0.2, 0.25) is 11.8 Å². The molecule has 1 aromatic carbocycles. The average Bonchev–Trinajstić information content (AvgIpc) is 3.50. The van der Waals surface area contributed by atoms with Gasteiger partial charge in [-0.1, -0.05) is 24.4 Å². The van der Waals surface area contributed by atoms with Crippen molar-refractivity contribution in [3.05, 3.63) is 44.9 Å². The third-order valence-electron chi connectivity index (χ3n) is 7.56. The summed E-state index contributed by atoms with van der Waals surface area (Å²) in [6.45, 7) is 3.14. The molecule has 3 atom stereocenters. The molecule has 1 saturated carbocycles. The molecular weight excluding hydrogens is 502 g/mol. The van der Waals surface area contributed by atoms with E-state index in [1.54, 1.807) is 21.9 Å². The van der Waals surface area contributed by atoms with Crippen LogP contribution in [0.5, 0.6) is 5.75 Å².